The molecule has 2 N–H and O–H groups in total. The van der Waals surface area contributed by atoms with Gasteiger partial charge in [-0.2, -0.15) is 0 Å². The highest BCUT2D eigenvalue weighted by atomic mass is 16.3. The first-order valence-corrected chi connectivity index (χ1v) is 6.76. The van der Waals surface area contributed by atoms with E-state index in [4.69, 9.17) is 5.11 Å². The zero-order chi connectivity index (χ0) is 13.7. The van der Waals surface area contributed by atoms with E-state index >= 15 is 0 Å². The molecular weight excluding hydrogens is 242 g/mol. The lowest BCUT2D eigenvalue weighted by Gasteiger charge is -2.27. The molecule has 0 radical (unpaired) electrons. The molecule has 0 spiro atoms. The van der Waals surface area contributed by atoms with E-state index in [9.17, 15) is 4.79 Å². The number of rotatable bonds is 4. The number of hydrogen-bond donors (Lipinski definition) is 2. The third-order valence-electron chi connectivity index (χ3n) is 3.48. The highest BCUT2D eigenvalue weighted by Gasteiger charge is 2.29. The second-order valence-electron chi connectivity index (χ2n) is 5.02. The van der Waals surface area contributed by atoms with E-state index in [0.717, 1.165) is 18.7 Å². The van der Waals surface area contributed by atoms with Gasteiger partial charge in [0, 0.05) is 31.9 Å². The van der Waals surface area contributed by atoms with Crippen LogP contribution < -0.4 is 5.32 Å². The topological polar surface area (TPSA) is 65.5 Å². The van der Waals surface area contributed by atoms with Gasteiger partial charge < -0.3 is 10.4 Å². The van der Waals surface area contributed by atoms with Crippen molar-refractivity contribution >= 4 is 5.91 Å². The number of aromatic nitrogens is 1. The van der Waals surface area contributed by atoms with Crippen molar-refractivity contribution in [2.75, 3.05) is 13.2 Å². The molecule has 0 aromatic carbocycles. The van der Waals surface area contributed by atoms with Gasteiger partial charge in [0.1, 0.15) is 0 Å². The predicted molar refractivity (Wildman–Crippen MR) is 72.4 cm³/mol. The van der Waals surface area contributed by atoms with Gasteiger partial charge in [-0.05, 0) is 31.9 Å². The zero-order valence-electron chi connectivity index (χ0n) is 11.2. The predicted octanol–water partition coefficient (Wildman–Crippen LogP) is 0.543. The quantitative estimate of drug-likeness (QED) is 0.832. The number of carbonyl (C=O) groups excluding carboxylic acids is 1. The SMILES string of the molecule is CC1CCN(Cc2ccccn2)C(CCO)C(=O)N1. The Hall–Kier alpha value is -1.46. The monoisotopic (exact) mass is 263 g/mol. The van der Waals surface area contributed by atoms with E-state index in [-0.39, 0.29) is 24.6 Å². The molecule has 0 aliphatic carbocycles. The minimum atomic E-state index is -0.267. The van der Waals surface area contributed by atoms with Crippen LogP contribution in [0.5, 0.6) is 0 Å². The van der Waals surface area contributed by atoms with Crippen LogP contribution in [-0.2, 0) is 11.3 Å². The minimum absolute atomic E-state index is 0.00924. The number of pyridine rings is 1. The Morgan fingerprint density at radius 2 is 2.37 bits per heavy atom. The molecule has 104 valence electrons. The lowest BCUT2D eigenvalue weighted by atomic mass is 10.1. The van der Waals surface area contributed by atoms with Crippen LogP contribution in [0.4, 0.5) is 0 Å². The lowest BCUT2D eigenvalue weighted by molar-refractivity contribution is -0.126. The Morgan fingerprint density at radius 1 is 1.53 bits per heavy atom. The molecule has 2 heterocycles. The van der Waals surface area contributed by atoms with Crippen LogP contribution in [0.2, 0.25) is 0 Å². The van der Waals surface area contributed by atoms with Crippen LogP contribution in [0.15, 0.2) is 24.4 Å². The van der Waals surface area contributed by atoms with Crippen LogP contribution >= 0.6 is 0 Å². The summed E-state index contributed by atoms with van der Waals surface area (Å²) in [5.74, 6) is 0.00924. The molecule has 1 saturated heterocycles. The first-order chi connectivity index (χ1) is 9.20. The molecule has 2 unspecified atom stereocenters. The molecule has 2 atom stereocenters. The molecule has 1 aromatic heterocycles. The number of hydrogen-bond acceptors (Lipinski definition) is 4. The molecule has 19 heavy (non-hydrogen) atoms. The Kier molecular flexibility index (Phi) is 4.87. The van der Waals surface area contributed by atoms with Crippen molar-refractivity contribution in [1.29, 1.82) is 0 Å². The van der Waals surface area contributed by atoms with Crippen molar-refractivity contribution in [2.45, 2.75) is 38.4 Å². The van der Waals surface area contributed by atoms with E-state index in [1.165, 1.54) is 0 Å². The third kappa shape index (κ3) is 3.75. The summed E-state index contributed by atoms with van der Waals surface area (Å²) in [6.07, 6.45) is 3.14. The van der Waals surface area contributed by atoms with Crippen molar-refractivity contribution in [3.8, 4) is 0 Å². The summed E-state index contributed by atoms with van der Waals surface area (Å²) in [4.78, 5) is 18.5. The van der Waals surface area contributed by atoms with Crippen molar-refractivity contribution in [2.24, 2.45) is 0 Å². The molecule has 5 heteroatoms. The van der Waals surface area contributed by atoms with E-state index < -0.39 is 0 Å². The zero-order valence-corrected chi connectivity index (χ0v) is 11.2. The minimum Gasteiger partial charge on any atom is -0.396 e. The Balaban J connectivity index is 2.12. The largest absolute Gasteiger partial charge is 0.396 e. The van der Waals surface area contributed by atoms with Gasteiger partial charge in [0.05, 0.1) is 11.7 Å². The first-order valence-electron chi connectivity index (χ1n) is 6.76. The molecule has 1 aromatic rings. The maximum Gasteiger partial charge on any atom is 0.237 e. The maximum atomic E-state index is 12.1. The second kappa shape index (κ2) is 6.63. The smallest absolute Gasteiger partial charge is 0.237 e. The fraction of sp³-hybridized carbons (Fsp3) is 0.571. The number of nitrogens with zero attached hydrogens (tertiary/aromatic N) is 2. The van der Waals surface area contributed by atoms with Crippen LogP contribution in [-0.4, -0.2) is 46.1 Å². The van der Waals surface area contributed by atoms with Crippen LogP contribution in [0, 0.1) is 0 Å². The molecule has 0 bridgehead atoms. The van der Waals surface area contributed by atoms with Gasteiger partial charge in [0.15, 0.2) is 0 Å². The fourth-order valence-corrected chi connectivity index (χ4v) is 2.42. The van der Waals surface area contributed by atoms with Crippen molar-refractivity contribution in [3.63, 3.8) is 0 Å². The van der Waals surface area contributed by atoms with Gasteiger partial charge in [-0.15, -0.1) is 0 Å². The highest BCUT2D eigenvalue weighted by molar-refractivity contribution is 5.82. The molecule has 1 fully saturated rings. The number of aliphatic hydroxyl groups excluding tert-OH is 1. The van der Waals surface area contributed by atoms with Gasteiger partial charge in [-0.1, -0.05) is 6.07 Å². The Labute approximate surface area is 113 Å². The highest BCUT2D eigenvalue weighted by Crippen LogP contribution is 2.14. The molecular formula is C14H21N3O2. The molecule has 5 nitrogen and oxygen atoms in total. The van der Waals surface area contributed by atoms with Gasteiger partial charge in [-0.25, -0.2) is 0 Å². The van der Waals surface area contributed by atoms with Gasteiger partial charge in [-0.3, -0.25) is 14.7 Å². The average Bonchev–Trinajstić information content (AvgIpc) is 2.53. The third-order valence-corrected chi connectivity index (χ3v) is 3.48. The summed E-state index contributed by atoms with van der Waals surface area (Å²) in [5, 5.41) is 12.1. The Bertz CT molecular complexity index is 410. The first kappa shape index (κ1) is 14.0. The van der Waals surface area contributed by atoms with E-state index in [1.807, 2.05) is 25.1 Å². The van der Waals surface area contributed by atoms with Crippen molar-refractivity contribution in [1.82, 2.24) is 15.2 Å². The summed E-state index contributed by atoms with van der Waals surface area (Å²) >= 11 is 0. The standard InChI is InChI=1S/C14H21N3O2/c1-11-5-8-17(10-12-4-2-3-7-15-12)13(6-9-18)14(19)16-11/h2-4,7,11,13,18H,5-6,8-10H2,1H3,(H,16,19). The summed E-state index contributed by atoms with van der Waals surface area (Å²) < 4.78 is 0. The van der Waals surface area contributed by atoms with Gasteiger partial charge in [0.25, 0.3) is 0 Å². The molecule has 1 aliphatic rings. The second-order valence-corrected chi connectivity index (χ2v) is 5.02. The Morgan fingerprint density at radius 3 is 3.05 bits per heavy atom. The fourth-order valence-electron chi connectivity index (χ4n) is 2.42. The normalized spacial score (nSPS) is 24.8. The number of aliphatic hydroxyl groups is 1. The van der Waals surface area contributed by atoms with E-state index in [1.54, 1.807) is 6.20 Å². The van der Waals surface area contributed by atoms with Crippen molar-refractivity contribution in [3.05, 3.63) is 30.1 Å². The van der Waals surface area contributed by atoms with Gasteiger partial charge in [0.2, 0.25) is 5.91 Å². The van der Waals surface area contributed by atoms with Gasteiger partial charge >= 0.3 is 0 Å². The molecule has 1 amide bonds. The lowest BCUT2D eigenvalue weighted by Crippen LogP contribution is -2.45. The van der Waals surface area contributed by atoms with Crippen molar-refractivity contribution < 1.29 is 9.90 Å². The summed E-state index contributed by atoms with van der Waals surface area (Å²) in [5.41, 5.74) is 0.952. The van der Waals surface area contributed by atoms with E-state index in [2.05, 4.69) is 15.2 Å². The number of amides is 1. The summed E-state index contributed by atoms with van der Waals surface area (Å²) in [7, 11) is 0. The van der Waals surface area contributed by atoms with Crippen LogP contribution in [0.25, 0.3) is 0 Å². The van der Waals surface area contributed by atoms with Crippen LogP contribution in [0.3, 0.4) is 0 Å². The van der Waals surface area contributed by atoms with E-state index in [0.29, 0.717) is 13.0 Å². The maximum absolute atomic E-state index is 12.1. The summed E-state index contributed by atoms with van der Waals surface area (Å²) in [6.45, 7) is 3.51. The average molecular weight is 263 g/mol. The number of carbonyl (C=O) groups is 1. The molecule has 2 rings (SSSR count). The number of nitrogens with one attached hydrogen (secondary N) is 1. The molecule has 1 aliphatic heterocycles. The van der Waals surface area contributed by atoms with Crippen LogP contribution in [0.1, 0.15) is 25.5 Å². The summed E-state index contributed by atoms with van der Waals surface area (Å²) in [6, 6.07) is 5.71. The molecule has 0 saturated carbocycles.